The highest BCUT2D eigenvalue weighted by molar-refractivity contribution is 6.09. The quantitative estimate of drug-likeness (QED) is 0.539. The largest absolute Gasteiger partial charge is 0.378 e. The molecule has 24 heavy (non-hydrogen) atoms. The van der Waals surface area contributed by atoms with Gasteiger partial charge in [-0.15, -0.1) is 0 Å². The average molecular weight is 330 g/mol. The van der Waals surface area contributed by atoms with E-state index in [0.29, 0.717) is 38.1 Å². The van der Waals surface area contributed by atoms with Crippen molar-refractivity contribution in [2.45, 2.75) is 19.4 Å². The van der Waals surface area contributed by atoms with E-state index in [-0.39, 0.29) is 41.4 Å². The third kappa shape index (κ3) is 1.78. The van der Waals surface area contributed by atoms with Crippen molar-refractivity contribution in [3.05, 3.63) is 12.2 Å². The lowest BCUT2D eigenvalue weighted by Crippen LogP contribution is -2.52. The van der Waals surface area contributed by atoms with Gasteiger partial charge in [-0.3, -0.25) is 19.3 Å². The number of allylic oxidation sites excluding steroid dienone is 2. The normalized spacial score (nSPS) is 43.7. The minimum absolute atomic E-state index is 0.121. The molecule has 2 aliphatic heterocycles. The number of morpholine rings is 1. The van der Waals surface area contributed by atoms with E-state index in [4.69, 9.17) is 4.74 Å². The fraction of sp³-hybridized carbons (Fsp3) is 0.722. The monoisotopic (exact) mass is 330 g/mol. The predicted octanol–water partition coefficient (Wildman–Crippen LogP) is 0.287. The Hall–Kier alpha value is -1.69. The number of amides is 3. The lowest BCUT2D eigenvalue weighted by atomic mass is 9.63. The molecular formula is C18H22N2O4. The van der Waals surface area contributed by atoms with E-state index in [1.165, 1.54) is 4.90 Å². The number of hydrogen-bond acceptors (Lipinski definition) is 4. The Bertz CT molecular complexity index is 617. The van der Waals surface area contributed by atoms with Gasteiger partial charge in [0.1, 0.15) is 6.04 Å². The third-order valence-corrected chi connectivity index (χ3v) is 6.76. The van der Waals surface area contributed by atoms with E-state index in [9.17, 15) is 14.4 Å². The summed E-state index contributed by atoms with van der Waals surface area (Å²) in [5.41, 5.74) is 0. The van der Waals surface area contributed by atoms with Crippen molar-refractivity contribution in [2.75, 3.05) is 26.3 Å². The van der Waals surface area contributed by atoms with Gasteiger partial charge >= 0.3 is 0 Å². The van der Waals surface area contributed by atoms with Crippen molar-refractivity contribution in [1.82, 2.24) is 9.80 Å². The first-order valence-electron chi connectivity index (χ1n) is 9.01. The molecule has 7 atom stereocenters. The molecule has 128 valence electrons. The van der Waals surface area contributed by atoms with Gasteiger partial charge in [0.05, 0.1) is 25.0 Å². The topological polar surface area (TPSA) is 66.9 Å². The van der Waals surface area contributed by atoms with E-state index in [0.717, 1.165) is 6.42 Å². The molecule has 6 aliphatic rings. The molecule has 0 N–H and O–H groups in total. The van der Waals surface area contributed by atoms with Crippen LogP contribution in [-0.2, 0) is 19.1 Å². The first-order valence-corrected chi connectivity index (χ1v) is 9.01. The summed E-state index contributed by atoms with van der Waals surface area (Å²) in [7, 11) is 0. The highest BCUT2D eigenvalue weighted by Crippen LogP contribution is 2.65. The molecule has 0 aromatic rings. The highest BCUT2D eigenvalue weighted by Gasteiger charge is 2.67. The standard InChI is InChI=1S/C18H22N2O4/c1-9(16(21)19-4-6-24-7-5-19)20-17(22)14-10-2-3-11(13-8-12(10)13)15(14)18(20)23/h2-3,9-15H,4-8H2,1H3/t9-,10-,11+,12+,13-,14-,15+/m0/s1. The van der Waals surface area contributed by atoms with Gasteiger partial charge < -0.3 is 9.64 Å². The number of likely N-dealkylation sites (tertiary alicyclic amines) is 1. The summed E-state index contributed by atoms with van der Waals surface area (Å²) in [6, 6.07) is -0.704. The molecule has 2 saturated carbocycles. The molecule has 6 nitrogen and oxygen atoms in total. The molecule has 2 bridgehead atoms. The SMILES string of the molecule is C[C@@H](C(=O)N1CCOCC1)N1C(=O)[C@@H]2[C@@H]3C=C[C@@H]([C@H]4C[C@@H]34)[C@@H]2C1=O. The number of imide groups is 1. The van der Waals surface area contributed by atoms with Crippen LogP contribution in [0.2, 0.25) is 0 Å². The molecule has 6 heteroatoms. The summed E-state index contributed by atoms with van der Waals surface area (Å²) < 4.78 is 5.28. The number of hydrogen-bond donors (Lipinski definition) is 0. The van der Waals surface area contributed by atoms with E-state index in [1.54, 1.807) is 11.8 Å². The molecule has 6 rings (SSSR count). The van der Waals surface area contributed by atoms with Crippen LogP contribution in [0.5, 0.6) is 0 Å². The van der Waals surface area contributed by atoms with Crippen molar-refractivity contribution in [1.29, 1.82) is 0 Å². The lowest BCUT2D eigenvalue weighted by Gasteiger charge is -2.37. The van der Waals surface area contributed by atoms with Crippen LogP contribution in [-0.4, -0.2) is 59.9 Å². The van der Waals surface area contributed by atoms with Crippen LogP contribution in [0, 0.1) is 35.5 Å². The lowest BCUT2D eigenvalue weighted by molar-refractivity contribution is -0.152. The van der Waals surface area contributed by atoms with Crippen LogP contribution in [0.25, 0.3) is 0 Å². The van der Waals surface area contributed by atoms with Crippen LogP contribution in [0.3, 0.4) is 0 Å². The van der Waals surface area contributed by atoms with Gasteiger partial charge in [-0.1, -0.05) is 12.2 Å². The molecule has 0 radical (unpaired) electrons. The Kier molecular flexibility index (Phi) is 2.99. The summed E-state index contributed by atoms with van der Waals surface area (Å²) in [4.78, 5) is 41.8. The number of rotatable bonds is 2. The average Bonchev–Trinajstić information content (AvgIpc) is 3.39. The van der Waals surface area contributed by atoms with Crippen LogP contribution in [0.15, 0.2) is 12.2 Å². The van der Waals surface area contributed by atoms with Crippen LogP contribution in [0.4, 0.5) is 0 Å². The molecule has 4 aliphatic carbocycles. The van der Waals surface area contributed by atoms with Gasteiger partial charge in [0, 0.05) is 13.1 Å². The van der Waals surface area contributed by atoms with E-state index < -0.39 is 6.04 Å². The summed E-state index contributed by atoms with van der Waals surface area (Å²) in [6.45, 7) is 3.79. The minimum Gasteiger partial charge on any atom is -0.378 e. The molecular weight excluding hydrogens is 308 g/mol. The Balaban J connectivity index is 1.40. The zero-order chi connectivity index (χ0) is 16.6. The first kappa shape index (κ1) is 14.6. The Morgan fingerprint density at radius 3 is 2.17 bits per heavy atom. The molecule has 2 heterocycles. The molecule has 3 amide bonds. The Morgan fingerprint density at radius 2 is 1.62 bits per heavy atom. The van der Waals surface area contributed by atoms with Crippen molar-refractivity contribution in [2.24, 2.45) is 35.5 Å². The van der Waals surface area contributed by atoms with Gasteiger partial charge in [0.2, 0.25) is 17.7 Å². The van der Waals surface area contributed by atoms with E-state index >= 15 is 0 Å². The van der Waals surface area contributed by atoms with Gasteiger partial charge in [-0.25, -0.2) is 0 Å². The second-order valence-electron chi connectivity index (χ2n) is 7.81. The second-order valence-corrected chi connectivity index (χ2v) is 7.81. The molecule has 4 fully saturated rings. The van der Waals surface area contributed by atoms with Crippen molar-refractivity contribution in [3.63, 3.8) is 0 Å². The Morgan fingerprint density at radius 1 is 1.08 bits per heavy atom. The molecule has 0 spiro atoms. The van der Waals surface area contributed by atoms with Gasteiger partial charge in [-0.2, -0.15) is 0 Å². The summed E-state index contributed by atoms with van der Waals surface area (Å²) in [6.07, 6.45) is 5.46. The van der Waals surface area contributed by atoms with Crippen LogP contribution < -0.4 is 0 Å². The molecule has 0 unspecified atom stereocenters. The van der Waals surface area contributed by atoms with Crippen molar-refractivity contribution >= 4 is 17.7 Å². The van der Waals surface area contributed by atoms with Crippen molar-refractivity contribution < 1.29 is 19.1 Å². The number of carbonyl (C=O) groups is 3. The third-order valence-electron chi connectivity index (χ3n) is 6.76. The maximum atomic E-state index is 13.0. The number of carbonyl (C=O) groups excluding carboxylic acids is 3. The Labute approximate surface area is 140 Å². The van der Waals surface area contributed by atoms with Gasteiger partial charge in [0.25, 0.3) is 0 Å². The first-order chi connectivity index (χ1) is 11.6. The number of nitrogens with zero attached hydrogens (tertiary/aromatic N) is 2. The maximum Gasteiger partial charge on any atom is 0.245 e. The smallest absolute Gasteiger partial charge is 0.245 e. The zero-order valence-corrected chi connectivity index (χ0v) is 13.8. The number of ether oxygens (including phenoxy) is 1. The second kappa shape index (κ2) is 4.91. The summed E-state index contributed by atoms with van der Waals surface area (Å²) >= 11 is 0. The summed E-state index contributed by atoms with van der Waals surface area (Å²) in [5.74, 6) is 0.754. The molecule has 2 saturated heterocycles. The van der Waals surface area contributed by atoms with Crippen LogP contribution in [0.1, 0.15) is 13.3 Å². The van der Waals surface area contributed by atoms with E-state index in [1.807, 2.05) is 0 Å². The fourth-order valence-electron chi connectivity index (χ4n) is 5.52. The summed E-state index contributed by atoms with van der Waals surface area (Å²) in [5, 5.41) is 0. The zero-order valence-electron chi connectivity index (χ0n) is 13.8. The molecule has 0 aromatic heterocycles. The molecule has 0 aromatic carbocycles. The highest BCUT2D eigenvalue weighted by atomic mass is 16.5. The predicted molar refractivity (Wildman–Crippen MR) is 83.4 cm³/mol. The van der Waals surface area contributed by atoms with E-state index in [2.05, 4.69) is 12.2 Å². The maximum absolute atomic E-state index is 13.0. The van der Waals surface area contributed by atoms with Crippen LogP contribution >= 0.6 is 0 Å². The minimum atomic E-state index is -0.704. The van der Waals surface area contributed by atoms with Gasteiger partial charge in [-0.05, 0) is 37.0 Å². The van der Waals surface area contributed by atoms with Crippen molar-refractivity contribution in [3.8, 4) is 0 Å². The fourth-order valence-corrected chi connectivity index (χ4v) is 5.52. The van der Waals surface area contributed by atoms with Gasteiger partial charge in [0.15, 0.2) is 0 Å².